The third kappa shape index (κ3) is 5.11. The predicted octanol–water partition coefficient (Wildman–Crippen LogP) is -0.322. The van der Waals surface area contributed by atoms with Gasteiger partial charge in [0.15, 0.2) is 0 Å². The van der Waals surface area contributed by atoms with Crippen molar-refractivity contribution in [1.29, 1.82) is 0 Å². The Hall–Kier alpha value is -0.650. The first-order valence-corrected chi connectivity index (χ1v) is 5.11. The second-order valence-electron chi connectivity index (χ2n) is 3.64. The lowest BCUT2D eigenvalue weighted by Crippen LogP contribution is -2.35. The summed E-state index contributed by atoms with van der Waals surface area (Å²) in [6, 6.07) is 0. The van der Waals surface area contributed by atoms with Gasteiger partial charge in [-0.3, -0.25) is 4.79 Å². The van der Waals surface area contributed by atoms with Gasteiger partial charge in [0.05, 0.1) is 30.8 Å². The van der Waals surface area contributed by atoms with Gasteiger partial charge in [-0.25, -0.2) is 0 Å². The standard InChI is InChI=1S/C10H20O5/c1-4-15-10(14)8(6(2)11)5-9(13)7(3)12/h6-9,11-13H,4-5H2,1-3H3. The second-order valence-corrected chi connectivity index (χ2v) is 3.64. The summed E-state index contributed by atoms with van der Waals surface area (Å²) in [7, 11) is 0. The van der Waals surface area contributed by atoms with E-state index in [2.05, 4.69) is 0 Å². The fourth-order valence-electron chi connectivity index (χ4n) is 1.20. The molecule has 0 saturated heterocycles. The van der Waals surface area contributed by atoms with Crippen LogP contribution in [0, 0.1) is 5.92 Å². The molecule has 5 heteroatoms. The minimum Gasteiger partial charge on any atom is -0.466 e. The van der Waals surface area contributed by atoms with Crippen LogP contribution in [0.25, 0.3) is 0 Å². The summed E-state index contributed by atoms with van der Waals surface area (Å²) in [5, 5.41) is 27.8. The van der Waals surface area contributed by atoms with Gasteiger partial charge in [-0.1, -0.05) is 0 Å². The molecule has 0 aliphatic rings. The van der Waals surface area contributed by atoms with Gasteiger partial charge in [0, 0.05) is 0 Å². The molecule has 15 heavy (non-hydrogen) atoms. The van der Waals surface area contributed by atoms with E-state index in [0.29, 0.717) is 0 Å². The van der Waals surface area contributed by atoms with Crippen LogP contribution in [0.5, 0.6) is 0 Å². The van der Waals surface area contributed by atoms with E-state index in [1.165, 1.54) is 13.8 Å². The number of carbonyl (C=O) groups is 1. The summed E-state index contributed by atoms with van der Waals surface area (Å²) in [5.74, 6) is -1.35. The zero-order valence-electron chi connectivity index (χ0n) is 9.38. The molecule has 0 heterocycles. The number of aliphatic hydroxyl groups is 3. The SMILES string of the molecule is CCOC(=O)C(CC(O)C(C)O)C(C)O. The molecule has 0 fully saturated rings. The molecular formula is C10H20O5. The van der Waals surface area contributed by atoms with Crippen LogP contribution in [0.3, 0.4) is 0 Å². The Morgan fingerprint density at radius 1 is 1.20 bits per heavy atom. The van der Waals surface area contributed by atoms with E-state index in [-0.39, 0.29) is 13.0 Å². The van der Waals surface area contributed by atoms with Crippen LogP contribution in [-0.4, -0.2) is 46.2 Å². The van der Waals surface area contributed by atoms with E-state index in [4.69, 9.17) is 9.84 Å². The van der Waals surface area contributed by atoms with Crippen molar-refractivity contribution in [3.63, 3.8) is 0 Å². The summed E-state index contributed by atoms with van der Waals surface area (Å²) in [6.07, 6.45) is -2.87. The van der Waals surface area contributed by atoms with Crippen molar-refractivity contribution >= 4 is 5.97 Å². The first kappa shape index (κ1) is 14.3. The van der Waals surface area contributed by atoms with E-state index >= 15 is 0 Å². The molecule has 0 aliphatic carbocycles. The molecule has 0 spiro atoms. The molecule has 0 rings (SSSR count). The molecule has 0 bridgehead atoms. The summed E-state index contributed by atoms with van der Waals surface area (Å²) in [6.45, 7) is 4.78. The average Bonchev–Trinajstić information content (AvgIpc) is 2.13. The van der Waals surface area contributed by atoms with Gasteiger partial charge in [0.1, 0.15) is 0 Å². The third-order valence-corrected chi connectivity index (χ3v) is 2.22. The Bertz CT molecular complexity index is 190. The molecule has 4 unspecified atom stereocenters. The lowest BCUT2D eigenvalue weighted by molar-refractivity contribution is -0.153. The summed E-state index contributed by atoms with van der Waals surface area (Å²) in [4.78, 5) is 11.4. The molecular weight excluding hydrogens is 200 g/mol. The molecule has 0 aromatic carbocycles. The number of hydrogen-bond donors (Lipinski definition) is 3. The predicted molar refractivity (Wildman–Crippen MR) is 54.1 cm³/mol. The summed E-state index contributed by atoms with van der Waals surface area (Å²) >= 11 is 0. The third-order valence-electron chi connectivity index (χ3n) is 2.22. The fraction of sp³-hybridized carbons (Fsp3) is 0.900. The van der Waals surface area contributed by atoms with Crippen molar-refractivity contribution in [2.24, 2.45) is 5.92 Å². The smallest absolute Gasteiger partial charge is 0.311 e. The van der Waals surface area contributed by atoms with Crippen LogP contribution in [-0.2, 0) is 9.53 Å². The number of esters is 1. The number of hydrogen-bond acceptors (Lipinski definition) is 5. The molecule has 0 amide bonds. The molecule has 0 aromatic heterocycles. The number of aliphatic hydroxyl groups excluding tert-OH is 3. The molecule has 0 saturated carbocycles. The molecule has 0 radical (unpaired) electrons. The van der Waals surface area contributed by atoms with Crippen molar-refractivity contribution in [1.82, 2.24) is 0 Å². The highest BCUT2D eigenvalue weighted by molar-refractivity contribution is 5.73. The van der Waals surface area contributed by atoms with Crippen LogP contribution in [0.2, 0.25) is 0 Å². The largest absolute Gasteiger partial charge is 0.466 e. The highest BCUT2D eigenvalue weighted by atomic mass is 16.5. The highest BCUT2D eigenvalue weighted by Crippen LogP contribution is 2.15. The Balaban J connectivity index is 4.34. The van der Waals surface area contributed by atoms with Crippen molar-refractivity contribution in [3.05, 3.63) is 0 Å². The molecule has 90 valence electrons. The zero-order valence-corrected chi connectivity index (χ0v) is 9.38. The topological polar surface area (TPSA) is 87.0 Å². The van der Waals surface area contributed by atoms with E-state index in [9.17, 15) is 15.0 Å². The van der Waals surface area contributed by atoms with Gasteiger partial charge in [-0.2, -0.15) is 0 Å². The van der Waals surface area contributed by atoms with Crippen LogP contribution in [0.15, 0.2) is 0 Å². The molecule has 3 N–H and O–H groups in total. The van der Waals surface area contributed by atoms with Crippen LogP contribution >= 0.6 is 0 Å². The Kier molecular flexibility index (Phi) is 6.47. The Labute approximate surface area is 89.7 Å². The number of ether oxygens (including phenoxy) is 1. The number of rotatable bonds is 6. The Morgan fingerprint density at radius 2 is 1.73 bits per heavy atom. The zero-order chi connectivity index (χ0) is 12.0. The molecule has 0 aliphatic heterocycles. The Morgan fingerprint density at radius 3 is 2.07 bits per heavy atom. The van der Waals surface area contributed by atoms with Crippen molar-refractivity contribution in [3.8, 4) is 0 Å². The van der Waals surface area contributed by atoms with Crippen molar-refractivity contribution < 1.29 is 24.9 Å². The second kappa shape index (κ2) is 6.76. The van der Waals surface area contributed by atoms with Gasteiger partial charge in [-0.05, 0) is 27.2 Å². The number of carbonyl (C=O) groups excluding carboxylic acids is 1. The maximum Gasteiger partial charge on any atom is 0.311 e. The summed E-state index contributed by atoms with van der Waals surface area (Å²) in [5.41, 5.74) is 0. The monoisotopic (exact) mass is 220 g/mol. The highest BCUT2D eigenvalue weighted by Gasteiger charge is 2.29. The average molecular weight is 220 g/mol. The van der Waals surface area contributed by atoms with E-state index < -0.39 is 30.2 Å². The van der Waals surface area contributed by atoms with E-state index in [1.807, 2.05) is 0 Å². The maximum atomic E-state index is 11.4. The van der Waals surface area contributed by atoms with Crippen LogP contribution in [0.4, 0.5) is 0 Å². The van der Waals surface area contributed by atoms with Gasteiger partial charge in [-0.15, -0.1) is 0 Å². The molecule has 5 nitrogen and oxygen atoms in total. The van der Waals surface area contributed by atoms with Crippen LogP contribution in [0.1, 0.15) is 27.2 Å². The van der Waals surface area contributed by atoms with Crippen molar-refractivity contribution in [2.45, 2.75) is 45.5 Å². The van der Waals surface area contributed by atoms with Gasteiger partial charge >= 0.3 is 5.97 Å². The van der Waals surface area contributed by atoms with E-state index in [1.54, 1.807) is 6.92 Å². The minimum atomic E-state index is -1.03. The van der Waals surface area contributed by atoms with Gasteiger partial charge in [0.25, 0.3) is 0 Å². The maximum absolute atomic E-state index is 11.4. The van der Waals surface area contributed by atoms with Crippen molar-refractivity contribution in [2.75, 3.05) is 6.61 Å². The fourth-order valence-corrected chi connectivity index (χ4v) is 1.20. The quantitative estimate of drug-likeness (QED) is 0.534. The summed E-state index contributed by atoms with van der Waals surface area (Å²) < 4.78 is 4.75. The van der Waals surface area contributed by atoms with Crippen LogP contribution < -0.4 is 0 Å². The lowest BCUT2D eigenvalue weighted by Gasteiger charge is -2.22. The lowest BCUT2D eigenvalue weighted by atomic mass is 9.94. The minimum absolute atomic E-state index is 0.00579. The first-order valence-electron chi connectivity index (χ1n) is 5.11. The normalized spacial score (nSPS) is 19.1. The van der Waals surface area contributed by atoms with Gasteiger partial charge < -0.3 is 20.1 Å². The molecule has 0 aromatic rings. The van der Waals surface area contributed by atoms with Gasteiger partial charge in [0.2, 0.25) is 0 Å². The van der Waals surface area contributed by atoms with E-state index in [0.717, 1.165) is 0 Å². The first-order chi connectivity index (χ1) is 6.90. The molecule has 4 atom stereocenters.